The van der Waals surface area contributed by atoms with Gasteiger partial charge in [0.25, 0.3) is 0 Å². The van der Waals surface area contributed by atoms with Gasteiger partial charge in [-0.25, -0.2) is 21.9 Å². The van der Waals surface area contributed by atoms with Gasteiger partial charge < -0.3 is 9.84 Å². The lowest BCUT2D eigenvalue weighted by Crippen LogP contribution is -2.39. The number of aliphatic carboxylic acids is 1. The fraction of sp³-hybridized carbons (Fsp3) is 0.500. The molecule has 0 aromatic heterocycles. The summed E-state index contributed by atoms with van der Waals surface area (Å²) in [6.07, 6.45) is 1.03. The molecule has 2 N–H and O–H groups in total. The van der Waals surface area contributed by atoms with E-state index < -0.39 is 38.4 Å². The summed E-state index contributed by atoms with van der Waals surface area (Å²) in [5.74, 6) is -4.40. The van der Waals surface area contributed by atoms with Crippen LogP contribution in [-0.4, -0.2) is 39.3 Å². The van der Waals surface area contributed by atoms with Gasteiger partial charge in [-0.2, -0.15) is 0 Å². The van der Waals surface area contributed by atoms with Crippen LogP contribution < -0.4 is 4.72 Å². The zero-order valence-corrected chi connectivity index (χ0v) is 13.0. The molecule has 6 nitrogen and oxygen atoms in total. The average molecular weight is 349 g/mol. The van der Waals surface area contributed by atoms with E-state index in [1.165, 1.54) is 0 Å². The number of ether oxygens (including phenoxy) is 1. The van der Waals surface area contributed by atoms with E-state index >= 15 is 0 Å². The fourth-order valence-corrected chi connectivity index (χ4v) is 3.66. The third-order valence-corrected chi connectivity index (χ3v) is 5.29. The molecule has 9 heteroatoms. The minimum absolute atomic E-state index is 0.220. The van der Waals surface area contributed by atoms with Crippen molar-refractivity contribution < 1.29 is 31.8 Å². The van der Waals surface area contributed by atoms with Gasteiger partial charge in [0.15, 0.2) is 0 Å². The number of carboxylic acid groups (broad SMARTS) is 1. The number of rotatable bonds is 6. The molecule has 0 amide bonds. The van der Waals surface area contributed by atoms with E-state index in [0.717, 1.165) is 12.1 Å². The Morgan fingerprint density at radius 2 is 2.00 bits per heavy atom. The molecular weight excluding hydrogens is 332 g/mol. The Hall–Kier alpha value is -1.58. The highest BCUT2D eigenvalue weighted by Crippen LogP contribution is 2.24. The van der Waals surface area contributed by atoms with Gasteiger partial charge >= 0.3 is 5.97 Å². The molecule has 1 aromatic rings. The first-order valence-corrected chi connectivity index (χ1v) is 8.55. The molecule has 1 unspecified atom stereocenters. The molecule has 1 atom stereocenters. The van der Waals surface area contributed by atoms with E-state index in [4.69, 9.17) is 4.74 Å². The Morgan fingerprint density at radius 3 is 2.57 bits per heavy atom. The van der Waals surface area contributed by atoms with E-state index in [9.17, 15) is 27.1 Å². The Morgan fingerprint density at radius 1 is 1.35 bits per heavy atom. The summed E-state index contributed by atoms with van der Waals surface area (Å²) >= 11 is 0. The quantitative estimate of drug-likeness (QED) is 0.809. The molecule has 128 valence electrons. The van der Waals surface area contributed by atoms with Crippen LogP contribution in [0, 0.1) is 23.5 Å². The van der Waals surface area contributed by atoms with E-state index in [0.29, 0.717) is 32.1 Å². The largest absolute Gasteiger partial charge is 0.481 e. The molecule has 1 saturated heterocycles. The third kappa shape index (κ3) is 4.46. The maximum absolute atomic E-state index is 13.6. The highest BCUT2D eigenvalue weighted by Gasteiger charge is 2.31. The first-order chi connectivity index (χ1) is 10.8. The van der Waals surface area contributed by atoms with Crippen molar-refractivity contribution in [2.45, 2.75) is 17.7 Å². The number of hydrogen-bond donors (Lipinski definition) is 2. The van der Waals surface area contributed by atoms with Crippen molar-refractivity contribution in [3.8, 4) is 0 Å². The number of sulfonamides is 1. The van der Waals surface area contributed by atoms with Crippen LogP contribution in [0.2, 0.25) is 0 Å². The van der Waals surface area contributed by atoms with Crippen molar-refractivity contribution in [2.75, 3.05) is 19.8 Å². The molecule has 23 heavy (non-hydrogen) atoms. The second kappa shape index (κ2) is 7.33. The lowest BCUT2D eigenvalue weighted by atomic mass is 9.86. The van der Waals surface area contributed by atoms with Gasteiger partial charge in [0.1, 0.15) is 16.5 Å². The first-order valence-electron chi connectivity index (χ1n) is 7.06. The number of halogens is 2. The highest BCUT2D eigenvalue weighted by molar-refractivity contribution is 7.89. The van der Waals surface area contributed by atoms with Gasteiger partial charge in [0.05, 0.1) is 5.92 Å². The molecule has 0 saturated carbocycles. The molecule has 0 aliphatic carbocycles. The van der Waals surface area contributed by atoms with Crippen molar-refractivity contribution >= 4 is 16.0 Å². The van der Waals surface area contributed by atoms with Crippen LogP contribution in [-0.2, 0) is 19.6 Å². The Bertz CT molecular complexity index is 674. The first kappa shape index (κ1) is 17.8. The molecule has 1 heterocycles. The predicted octanol–water partition coefficient (Wildman–Crippen LogP) is 1.37. The monoisotopic (exact) mass is 349 g/mol. The second-order valence-corrected chi connectivity index (χ2v) is 7.06. The van der Waals surface area contributed by atoms with Crippen molar-refractivity contribution in [3.63, 3.8) is 0 Å². The van der Waals surface area contributed by atoms with Gasteiger partial charge in [-0.05, 0) is 30.9 Å². The van der Waals surface area contributed by atoms with E-state index in [1.807, 2.05) is 0 Å². The van der Waals surface area contributed by atoms with Gasteiger partial charge in [0.2, 0.25) is 10.0 Å². The van der Waals surface area contributed by atoms with Crippen LogP contribution in [0.4, 0.5) is 8.78 Å². The van der Waals surface area contributed by atoms with Gasteiger partial charge in [-0.15, -0.1) is 0 Å². The van der Waals surface area contributed by atoms with Gasteiger partial charge in [0, 0.05) is 25.8 Å². The lowest BCUT2D eigenvalue weighted by Gasteiger charge is -2.27. The van der Waals surface area contributed by atoms with Crippen LogP contribution in [0.25, 0.3) is 0 Å². The normalized spacial score (nSPS) is 17.8. The fourth-order valence-electron chi connectivity index (χ4n) is 2.54. The summed E-state index contributed by atoms with van der Waals surface area (Å²) in [7, 11) is -4.26. The molecule has 1 aliphatic heterocycles. The van der Waals surface area contributed by atoms with Crippen molar-refractivity contribution in [3.05, 3.63) is 29.8 Å². The van der Waals surface area contributed by atoms with Crippen LogP contribution >= 0.6 is 0 Å². The zero-order valence-electron chi connectivity index (χ0n) is 12.2. The number of carbonyl (C=O) groups is 1. The summed E-state index contributed by atoms with van der Waals surface area (Å²) in [6, 6.07) is 2.09. The van der Waals surface area contributed by atoms with Crippen LogP contribution in [0.15, 0.2) is 23.1 Å². The maximum atomic E-state index is 13.6. The predicted molar refractivity (Wildman–Crippen MR) is 76.2 cm³/mol. The standard InChI is InChI=1S/C14H17F2NO5S/c15-10-1-2-13(12(16)7-10)23(20,21)17-8-11(14(18)19)9-3-5-22-6-4-9/h1-2,7,9,11,17H,3-6,8H2,(H,18,19). The molecule has 0 spiro atoms. The summed E-state index contributed by atoms with van der Waals surface area (Å²) < 4.78 is 57.9. The summed E-state index contributed by atoms with van der Waals surface area (Å²) in [5.41, 5.74) is 0. The maximum Gasteiger partial charge on any atom is 0.308 e. The number of nitrogens with one attached hydrogen (secondary N) is 1. The number of hydrogen-bond acceptors (Lipinski definition) is 4. The molecule has 1 aromatic carbocycles. The summed E-state index contributed by atoms with van der Waals surface area (Å²) in [6.45, 7) is 0.487. The van der Waals surface area contributed by atoms with Crippen molar-refractivity contribution in [1.29, 1.82) is 0 Å². The van der Waals surface area contributed by atoms with Gasteiger partial charge in [-0.3, -0.25) is 4.79 Å². The van der Waals surface area contributed by atoms with Crippen LogP contribution in [0.3, 0.4) is 0 Å². The topological polar surface area (TPSA) is 92.7 Å². The molecule has 1 fully saturated rings. The summed E-state index contributed by atoms with van der Waals surface area (Å²) in [5, 5.41) is 9.28. The zero-order chi connectivity index (χ0) is 17.0. The number of benzene rings is 1. The van der Waals surface area contributed by atoms with Crippen molar-refractivity contribution in [2.24, 2.45) is 11.8 Å². The van der Waals surface area contributed by atoms with Crippen molar-refractivity contribution in [1.82, 2.24) is 4.72 Å². The third-order valence-electron chi connectivity index (χ3n) is 3.83. The molecule has 0 radical (unpaired) electrons. The Kier molecular flexibility index (Phi) is 5.66. The number of carboxylic acids is 1. The smallest absolute Gasteiger partial charge is 0.308 e. The summed E-state index contributed by atoms with van der Waals surface area (Å²) in [4.78, 5) is 10.7. The Labute approximate surface area is 132 Å². The molecule has 0 bridgehead atoms. The highest BCUT2D eigenvalue weighted by atomic mass is 32.2. The molecule has 1 aliphatic rings. The minimum atomic E-state index is -4.26. The van der Waals surface area contributed by atoms with Crippen LogP contribution in [0.1, 0.15) is 12.8 Å². The lowest BCUT2D eigenvalue weighted by molar-refractivity contribution is -0.144. The SMILES string of the molecule is O=C(O)C(CNS(=O)(=O)c1ccc(F)cc1F)C1CCOCC1. The molecular formula is C14H17F2NO5S. The minimum Gasteiger partial charge on any atom is -0.481 e. The van der Waals surface area contributed by atoms with Crippen LogP contribution in [0.5, 0.6) is 0 Å². The van der Waals surface area contributed by atoms with Gasteiger partial charge in [-0.1, -0.05) is 0 Å². The molecule has 2 rings (SSSR count). The Balaban J connectivity index is 2.11. The van der Waals surface area contributed by atoms with E-state index in [-0.39, 0.29) is 12.5 Å². The second-order valence-electron chi connectivity index (χ2n) is 5.32. The van der Waals surface area contributed by atoms with E-state index in [1.54, 1.807) is 0 Å². The average Bonchev–Trinajstić information content (AvgIpc) is 2.47. The van der Waals surface area contributed by atoms with E-state index in [2.05, 4.69) is 4.72 Å².